The molecule has 0 aromatic carbocycles. The maximum absolute atomic E-state index is 8.95. The molecule has 1 aromatic heterocycles. The van der Waals surface area contributed by atoms with Crippen molar-refractivity contribution in [2.75, 3.05) is 6.61 Å². The van der Waals surface area contributed by atoms with Crippen LogP contribution in [0.3, 0.4) is 0 Å². The molecular formula is C10H16N2O2S. The van der Waals surface area contributed by atoms with Crippen LogP contribution in [0.2, 0.25) is 0 Å². The second kappa shape index (κ2) is 4.53. The van der Waals surface area contributed by atoms with E-state index in [0.29, 0.717) is 11.8 Å². The Balaban J connectivity index is 1.95. The smallest absolute Gasteiger partial charge is 0.239 e. The van der Waals surface area contributed by atoms with Crippen LogP contribution in [0, 0.1) is 0 Å². The predicted molar refractivity (Wildman–Crippen MR) is 58.8 cm³/mol. The van der Waals surface area contributed by atoms with Crippen molar-refractivity contribution in [1.29, 1.82) is 0 Å². The van der Waals surface area contributed by atoms with E-state index in [1.165, 1.54) is 12.8 Å². The van der Waals surface area contributed by atoms with E-state index in [9.17, 15) is 0 Å². The second-order valence-corrected chi connectivity index (χ2v) is 5.82. The molecule has 2 rings (SSSR count). The number of aromatic nitrogens is 2. The molecule has 1 fully saturated rings. The predicted octanol–water partition coefficient (Wildman–Crippen LogP) is 2.12. The number of rotatable bonds is 5. The molecule has 0 unspecified atom stereocenters. The normalized spacial score (nSPS) is 20.2. The summed E-state index contributed by atoms with van der Waals surface area (Å²) < 4.78 is 5.21. The van der Waals surface area contributed by atoms with E-state index in [1.807, 2.05) is 13.8 Å². The van der Waals surface area contributed by atoms with Crippen molar-refractivity contribution in [3.05, 3.63) is 11.7 Å². The Labute approximate surface area is 93.4 Å². The standard InChI is InChI=1S/C10H16N2O2S/c1-6(5-13)15-7(2)10-11-9(12-14-10)8-3-4-8/h6-8,13H,3-5H2,1-2H3/t6-,7-/m1/s1. The van der Waals surface area contributed by atoms with Gasteiger partial charge in [-0.15, -0.1) is 11.8 Å². The minimum atomic E-state index is 0.159. The van der Waals surface area contributed by atoms with Gasteiger partial charge in [0.15, 0.2) is 5.82 Å². The van der Waals surface area contributed by atoms with Gasteiger partial charge in [-0.05, 0) is 19.8 Å². The van der Waals surface area contributed by atoms with E-state index in [-0.39, 0.29) is 17.1 Å². The minimum Gasteiger partial charge on any atom is -0.395 e. The van der Waals surface area contributed by atoms with Gasteiger partial charge < -0.3 is 9.63 Å². The van der Waals surface area contributed by atoms with Crippen LogP contribution in [-0.2, 0) is 0 Å². The molecule has 2 atom stereocenters. The molecule has 5 heteroatoms. The molecule has 1 aliphatic carbocycles. The highest BCUT2D eigenvalue weighted by Crippen LogP contribution is 2.39. The van der Waals surface area contributed by atoms with Crippen LogP contribution in [0.5, 0.6) is 0 Å². The molecule has 0 amide bonds. The van der Waals surface area contributed by atoms with Gasteiger partial charge in [0.1, 0.15) is 0 Å². The third-order valence-electron chi connectivity index (χ3n) is 2.44. The van der Waals surface area contributed by atoms with Crippen LogP contribution in [0.1, 0.15) is 49.6 Å². The number of aliphatic hydroxyl groups excluding tert-OH is 1. The summed E-state index contributed by atoms with van der Waals surface area (Å²) in [7, 11) is 0. The van der Waals surface area contributed by atoms with Crippen molar-refractivity contribution in [3.63, 3.8) is 0 Å². The summed E-state index contributed by atoms with van der Waals surface area (Å²) in [5.41, 5.74) is 0. The third kappa shape index (κ3) is 2.72. The third-order valence-corrected chi connectivity index (χ3v) is 3.66. The number of hydrogen-bond donors (Lipinski definition) is 1. The lowest BCUT2D eigenvalue weighted by Crippen LogP contribution is -2.05. The van der Waals surface area contributed by atoms with Gasteiger partial charge in [0, 0.05) is 11.2 Å². The number of nitrogens with zero attached hydrogens (tertiary/aromatic N) is 2. The Kier molecular flexibility index (Phi) is 3.31. The lowest BCUT2D eigenvalue weighted by atomic mass is 10.4. The van der Waals surface area contributed by atoms with E-state index in [2.05, 4.69) is 10.1 Å². The van der Waals surface area contributed by atoms with E-state index < -0.39 is 0 Å². The van der Waals surface area contributed by atoms with Crippen LogP contribution in [0.15, 0.2) is 4.52 Å². The van der Waals surface area contributed by atoms with Gasteiger partial charge in [-0.2, -0.15) is 4.98 Å². The maximum Gasteiger partial charge on any atom is 0.239 e. The number of aliphatic hydroxyl groups is 1. The van der Waals surface area contributed by atoms with E-state index in [4.69, 9.17) is 9.63 Å². The Bertz CT molecular complexity index is 325. The average molecular weight is 228 g/mol. The fourth-order valence-corrected chi connectivity index (χ4v) is 2.36. The van der Waals surface area contributed by atoms with E-state index in [1.54, 1.807) is 11.8 Å². The zero-order valence-corrected chi connectivity index (χ0v) is 9.83. The van der Waals surface area contributed by atoms with Crippen LogP contribution in [0.25, 0.3) is 0 Å². The van der Waals surface area contributed by atoms with Gasteiger partial charge in [-0.1, -0.05) is 12.1 Å². The molecule has 1 heterocycles. The fourth-order valence-electron chi connectivity index (χ4n) is 1.37. The lowest BCUT2D eigenvalue weighted by Gasteiger charge is -2.10. The Morgan fingerprint density at radius 1 is 1.53 bits per heavy atom. The summed E-state index contributed by atoms with van der Waals surface area (Å²) in [6, 6.07) is 0. The molecule has 0 bridgehead atoms. The Morgan fingerprint density at radius 2 is 2.27 bits per heavy atom. The molecule has 0 spiro atoms. The first-order valence-electron chi connectivity index (χ1n) is 5.30. The molecule has 15 heavy (non-hydrogen) atoms. The summed E-state index contributed by atoms with van der Waals surface area (Å²) >= 11 is 1.65. The quantitative estimate of drug-likeness (QED) is 0.836. The van der Waals surface area contributed by atoms with Crippen molar-refractivity contribution in [1.82, 2.24) is 10.1 Å². The van der Waals surface area contributed by atoms with Crippen molar-refractivity contribution >= 4 is 11.8 Å². The molecular weight excluding hydrogens is 212 g/mol. The Hall–Kier alpha value is -0.550. The van der Waals surface area contributed by atoms with Crippen molar-refractivity contribution in [2.45, 2.75) is 43.1 Å². The van der Waals surface area contributed by atoms with Gasteiger partial charge in [0.05, 0.1) is 11.9 Å². The Morgan fingerprint density at radius 3 is 2.87 bits per heavy atom. The topological polar surface area (TPSA) is 59.2 Å². The van der Waals surface area contributed by atoms with Crippen LogP contribution >= 0.6 is 11.8 Å². The van der Waals surface area contributed by atoms with Gasteiger partial charge in [-0.25, -0.2) is 0 Å². The molecule has 1 N–H and O–H groups in total. The lowest BCUT2D eigenvalue weighted by molar-refractivity contribution is 0.299. The molecule has 0 aliphatic heterocycles. The second-order valence-electron chi connectivity index (χ2n) is 4.04. The van der Waals surface area contributed by atoms with E-state index in [0.717, 1.165) is 5.82 Å². The van der Waals surface area contributed by atoms with Crippen LogP contribution in [0.4, 0.5) is 0 Å². The first-order chi connectivity index (χ1) is 7.20. The van der Waals surface area contributed by atoms with Crippen LogP contribution in [-0.4, -0.2) is 27.1 Å². The zero-order chi connectivity index (χ0) is 10.8. The zero-order valence-electron chi connectivity index (χ0n) is 9.01. The van der Waals surface area contributed by atoms with Crippen molar-refractivity contribution in [2.24, 2.45) is 0 Å². The molecule has 4 nitrogen and oxygen atoms in total. The van der Waals surface area contributed by atoms with Gasteiger partial charge in [0.2, 0.25) is 5.89 Å². The van der Waals surface area contributed by atoms with E-state index >= 15 is 0 Å². The largest absolute Gasteiger partial charge is 0.395 e. The molecule has 1 aliphatic rings. The first kappa shape index (κ1) is 11.0. The highest BCUT2D eigenvalue weighted by atomic mass is 32.2. The van der Waals surface area contributed by atoms with Crippen molar-refractivity contribution < 1.29 is 9.63 Å². The number of thioether (sulfide) groups is 1. The van der Waals surface area contributed by atoms with Crippen LogP contribution < -0.4 is 0 Å². The first-order valence-corrected chi connectivity index (χ1v) is 6.24. The maximum atomic E-state index is 8.95. The number of hydrogen-bond acceptors (Lipinski definition) is 5. The van der Waals surface area contributed by atoms with Gasteiger partial charge >= 0.3 is 0 Å². The molecule has 1 saturated carbocycles. The monoisotopic (exact) mass is 228 g/mol. The fraction of sp³-hybridized carbons (Fsp3) is 0.800. The average Bonchev–Trinajstić information content (AvgIpc) is 2.96. The van der Waals surface area contributed by atoms with Gasteiger partial charge in [0.25, 0.3) is 0 Å². The minimum absolute atomic E-state index is 0.159. The summed E-state index contributed by atoms with van der Waals surface area (Å²) in [4.78, 5) is 4.38. The summed E-state index contributed by atoms with van der Waals surface area (Å²) in [6.07, 6.45) is 2.38. The summed E-state index contributed by atoms with van der Waals surface area (Å²) in [6.45, 7) is 4.19. The summed E-state index contributed by atoms with van der Waals surface area (Å²) in [5.74, 6) is 2.08. The molecule has 84 valence electrons. The molecule has 0 radical (unpaired) electrons. The molecule has 0 saturated heterocycles. The molecule has 1 aromatic rings. The van der Waals surface area contributed by atoms with Gasteiger partial charge in [-0.3, -0.25) is 0 Å². The van der Waals surface area contributed by atoms with Crippen molar-refractivity contribution in [3.8, 4) is 0 Å². The summed E-state index contributed by atoms with van der Waals surface area (Å²) in [5, 5.41) is 13.3. The SMILES string of the molecule is C[C@H](CO)S[C@H](C)c1nc(C2CC2)no1. The highest BCUT2D eigenvalue weighted by molar-refractivity contribution is 8.00. The highest BCUT2D eigenvalue weighted by Gasteiger charge is 2.29.